The minimum Gasteiger partial charge on any atom is -0.409 e. The monoisotopic (exact) mass is 236 g/mol. The number of nitrogens with zero attached hydrogens (tertiary/aromatic N) is 2. The first-order chi connectivity index (χ1) is 8.15. The maximum Gasteiger partial charge on any atom is 0.253 e. The predicted octanol–water partition coefficient (Wildman–Crippen LogP) is 0.646. The Balaban J connectivity index is 2.38. The summed E-state index contributed by atoms with van der Waals surface area (Å²) >= 11 is 0. The van der Waals surface area contributed by atoms with Gasteiger partial charge in [-0.05, 0) is 25.5 Å². The highest BCUT2D eigenvalue weighted by Crippen LogP contribution is 2.02. The molecular formula is C11H16N4O2. The van der Waals surface area contributed by atoms with E-state index >= 15 is 0 Å². The van der Waals surface area contributed by atoms with Gasteiger partial charge in [-0.3, -0.25) is 9.78 Å². The molecule has 0 saturated heterocycles. The lowest BCUT2D eigenvalue weighted by Gasteiger charge is -2.06. The Kier molecular flexibility index (Phi) is 4.93. The molecule has 0 spiro atoms. The molecule has 1 heterocycles. The molecule has 92 valence electrons. The van der Waals surface area contributed by atoms with Gasteiger partial charge in [0, 0.05) is 24.9 Å². The van der Waals surface area contributed by atoms with E-state index in [1.165, 1.54) is 0 Å². The summed E-state index contributed by atoms with van der Waals surface area (Å²) in [4.78, 5) is 15.8. The van der Waals surface area contributed by atoms with E-state index in [4.69, 9.17) is 10.9 Å². The van der Waals surface area contributed by atoms with E-state index in [1.807, 2.05) is 0 Å². The van der Waals surface area contributed by atoms with Crippen LogP contribution in [0.15, 0.2) is 23.5 Å². The average molecular weight is 236 g/mol. The summed E-state index contributed by atoms with van der Waals surface area (Å²) in [5.74, 6) is 0.00640. The van der Waals surface area contributed by atoms with Gasteiger partial charge in [-0.25, -0.2) is 0 Å². The molecule has 6 heteroatoms. The van der Waals surface area contributed by atoms with Crippen LogP contribution < -0.4 is 11.1 Å². The third-order valence-corrected chi connectivity index (χ3v) is 2.28. The van der Waals surface area contributed by atoms with Gasteiger partial charge in [0.25, 0.3) is 5.91 Å². The van der Waals surface area contributed by atoms with E-state index in [0.717, 1.165) is 0 Å². The quantitative estimate of drug-likeness (QED) is 0.230. The number of aryl methyl sites for hydroxylation is 1. The van der Waals surface area contributed by atoms with Crippen LogP contribution >= 0.6 is 0 Å². The molecule has 0 radical (unpaired) electrons. The number of oxime groups is 1. The van der Waals surface area contributed by atoms with Crippen molar-refractivity contribution >= 4 is 11.7 Å². The molecule has 0 fully saturated rings. The van der Waals surface area contributed by atoms with Gasteiger partial charge in [-0.1, -0.05) is 5.16 Å². The molecule has 6 nitrogen and oxygen atoms in total. The summed E-state index contributed by atoms with van der Waals surface area (Å²) in [5, 5.41) is 13.9. The number of pyridine rings is 1. The lowest BCUT2D eigenvalue weighted by molar-refractivity contribution is 0.0952. The molecule has 4 N–H and O–H groups in total. The van der Waals surface area contributed by atoms with Gasteiger partial charge in [0.2, 0.25) is 0 Å². The maximum absolute atomic E-state index is 11.7. The fraction of sp³-hybridized carbons (Fsp3) is 0.364. The summed E-state index contributed by atoms with van der Waals surface area (Å²) in [6.07, 6.45) is 2.72. The van der Waals surface area contributed by atoms with Gasteiger partial charge < -0.3 is 16.3 Å². The fourth-order valence-corrected chi connectivity index (χ4v) is 1.34. The highest BCUT2D eigenvalue weighted by atomic mass is 16.4. The van der Waals surface area contributed by atoms with Crippen molar-refractivity contribution < 1.29 is 10.0 Å². The van der Waals surface area contributed by atoms with Crippen molar-refractivity contribution in [3.05, 3.63) is 29.6 Å². The van der Waals surface area contributed by atoms with E-state index in [9.17, 15) is 4.79 Å². The van der Waals surface area contributed by atoms with Crippen LogP contribution in [0.2, 0.25) is 0 Å². The zero-order chi connectivity index (χ0) is 12.7. The van der Waals surface area contributed by atoms with Gasteiger partial charge in [-0.2, -0.15) is 0 Å². The van der Waals surface area contributed by atoms with Crippen LogP contribution in [-0.2, 0) is 0 Å². The number of nitrogens with one attached hydrogen (secondary N) is 1. The highest BCUT2D eigenvalue weighted by Gasteiger charge is 2.07. The number of hydrogen-bond acceptors (Lipinski definition) is 4. The van der Waals surface area contributed by atoms with Crippen molar-refractivity contribution in [2.24, 2.45) is 10.9 Å². The van der Waals surface area contributed by atoms with Crippen molar-refractivity contribution in [1.82, 2.24) is 10.3 Å². The fourth-order valence-electron chi connectivity index (χ4n) is 1.34. The number of aromatic nitrogens is 1. The molecule has 1 rings (SSSR count). The average Bonchev–Trinajstić information content (AvgIpc) is 2.34. The number of rotatable bonds is 5. The number of nitrogens with two attached hydrogens (primary N) is 1. The first-order valence-electron chi connectivity index (χ1n) is 5.31. The standard InChI is InChI=1S/C11H16N4O2/c1-8-9(4-2-6-13-8)11(16)14-7-3-5-10(12)15-17/h2,4,6,17H,3,5,7H2,1H3,(H2,12,15)(H,14,16). The number of carbonyl (C=O) groups excluding carboxylic acids is 1. The minimum absolute atomic E-state index is 0.157. The second-order valence-corrected chi connectivity index (χ2v) is 3.59. The van der Waals surface area contributed by atoms with Crippen molar-refractivity contribution in [2.45, 2.75) is 19.8 Å². The van der Waals surface area contributed by atoms with Crippen LogP contribution in [0.25, 0.3) is 0 Å². The Morgan fingerprint density at radius 2 is 2.41 bits per heavy atom. The highest BCUT2D eigenvalue weighted by molar-refractivity contribution is 5.95. The molecule has 0 bridgehead atoms. The van der Waals surface area contributed by atoms with Crippen molar-refractivity contribution in [3.63, 3.8) is 0 Å². The van der Waals surface area contributed by atoms with Gasteiger partial charge in [-0.15, -0.1) is 0 Å². The molecule has 1 aromatic rings. The van der Waals surface area contributed by atoms with E-state index < -0.39 is 0 Å². The maximum atomic E-state index is 11.7. The molecular weight excluding hydrogens is 220 g/mol. The zero-order valence-electron chi connectivity index (χ0n) is 9.68. The predicted molar refractivity (Wildman–Crippen MR) is 64.0 cm³/mol. The number of amidine groups is 1. The van der Waals surface area contributed by atoms with E-state index in [0.29, 0.717) is 30.6 Å². The Labute approximate surface area is 99.5 Å². The number of amides is 1. The molecule has 0 aliphatic rings. The summed E-state index contributed by atoms with van der Waals surface area (Å²) in [6, 6.07) is 3.44. The second kappa shape index (κ2) is 6.47. The van der Waals surface area contributed by atoms with Gasteiger partial charge in [0.05, 0.1) is 5.56 Å². The first-order valence-corrected chi connectivity index (χ1v) is 5.31. The number of carbonyl (C=O) groups is 1. The van der Waals surface area contributed by atoms with Crippen LogP contribution in [0, 0.1) is 6.92 Å². The topological polar surface area (TPSA) is 101 Å². The minimum atomic E-state index is -0.157. The molecule has 0 atom stereocenters. The molecule has 1 amide bonds. The SMILES string of the molecule is Cc1ncccc1C(=O)NCCC/C(N)=N/O. The molecule has 1 aromatic heterocycles. The summed E-state index contributed by atoms with van der Waals surface area (Å²) in [6.45, 7) is 2.26. The Bertz CT molecular complexity index is 418. The second-order valence-electron chi connectivity index (χ2n) is 3.59. The molecule has 0 saturated carbocycles. The Morgan fingerprint density at radius 3 is 3.06 bits per heavy atom. The molecule has 17 heavy (non-hydrogen) atoms. The molecule has 0 aliphatic carbocycles. The molecule has 0 aromatic carbocycles. The van der Waals surface area contributed by atoms with Crippen LogP contribution in [0.3, 0.4) is 0 Å². The normalized spacial score (nSPS) is 11.2. The van der Waals surface area contributed by atoms with Crippen molar-refractivity contribution in [2.75, 3.05) is 6.54 Å². The van der Waals surface area contributed by atoms with Gasteiger partial charge >= 0.3 is 0 Å². The summed E-state index contributed by atoms with van der Waals surface area (Å²) < 4.78 is 0. The van der Waals surface area contributed by atoms with Crippen LogP contribution in [0.4, 0.5) is 0 Å². The lowest BCUT2D eigenvalue weighted by atomic mass is 10.2. The zero-order valence-corrected chi connectivity index (χ0v) is 9.68. The number of hydrogen-bond donors (Lipinski definition) is 3. The van der Waals surface area contributed by atoms with Gasteiger partial charge in [0.15, 0.2) is 0 Å². The first kappa shape index (κ1) is 13.0. The summed E-state index contributed by atoms with van der Waals surface area (Å²) in [5.41, 5.74) is 6.56. The van der Waals surface area contributed by atoms with Crippen molar-refractivity contribution in [1.29, 1.82) is 0 Å². The van der Waals surface area contributed by atoms with E-state index in [1.54, 1.807) is 25.3 Å². The van der Waals surface area contributed by atoms with E-state index in [2.05, 4.69) is 15.5 Å². The third kappa shape index (κ3) is 4.10. The third-order valence-electron chi connectivity index (χ3n) is 2.28. The van der Waals surface area contributed by atoms with Crippen LogP contribution in [-0.4, -0.2) is 28.5 Å². The van der Waals surface area contributed by atoms with Crippen LogP contribution in [0.1, 0.15) is 28.9 Å². The molecule has 0 aliphatic heterocycles. The molecule has 0 unspecified atom stereocenters. The largest absolute Gasteiger partial charge is 0.409 e. The van der Waals surface area contributed by atoms with Gasteiger partial charge in [0.1, 0.15) is 5.84 Å². The lowest BCUT2D eigenvalue weighted by Crippen LogP contribution is -2.26. The Morgan fingerprint density at radius 1 is 1.65 bits per heavy atom. The van der Waals surface area contributed by atoms with E-state index in [-0.39, 0.29) is 11.7 Å². The summed E-state index contributed by atoms with van der Waals surface area (Å²) in [7, 11) is 0. The van der Waals surface area contributed by atoms with Crippen LogP contribution in [0.5, 0.6) is 0 Å². The Hall–Kier alpha value is -2.11. The van der Waals surface area contributed by atoms with Crippen molar-refractivity contribution in [3.8, 4) is 0 Å². The smallest absolute Gasteiger partial charge is 0.253 e.